The molecule has 3 N–H and O–H groups in total. The van der Waals surface area contributed by atoms with E-state index in [1.54, 1.807) is 19.1 Å². The van der Waals surface area contributed by atoms with Gasteiger partial charge in [-0.2, -0.15) is 0 Å². The van der Waals surface area contributed by atoms with E-state index < -0.39 is 11.5 Å². The van der Waals surface area contributed by atoms with E-state index in [9.17, 15) is 14.7 Å². The van der Waals surface area contributed by atoms with Crippen molar-refractivity contribution in [1.82, 2.24) is 15.3 Å². The van der Waals surface area contributed by atoms with Crippen LogP contribution in [-0.2, 0) is 11.3 Å². The SMILES string of the molecule is COc1ccc(C(CC(=O)NCc2nc3ccccc3[nH]2)c2c(O)cc(C)oc2=O)c(OC)c1OC. The van der Waals surface area contributed by atoms with Gasteiger partial charge in [-0.1, -0.05) is 18.2 Å². The second-order valence-corrected chi connectivity index (χ2v) is 8.10. The van der Waals surface area contributed by atoms with Crippen LogP contribution in [0.15, 0.2) is 51.7 Å². The number of imidazole rings is 1. The van der Waals surface area contributed by atoms with E-state index in [1.807, 2.05) is 24.3 Å². The van der Waals surface area contributed by atoms with E-state index in [4.69, 9.17) is 18.6 Å². The fraction of sp³-hybridized carbons (Fsp3) is 0.269. The van der Waals surface area contributed by atoms with Gasteiger partial charge in [0, 0.05) is 24.0 Å². The molecule has 2 heterocycles. The minimum absolute atomic E-state index is 0.0648. The first-order valence-corrected chi connectivity index (χ1v) is 11.2. The van der Waals surface area contributed by atoms with Crippen LogP contribution in [0.3, 0.4) is 0 Å². The predicted octanol–water partition coefficient (Wildman–Crippen LogP) is 3.39. The number of methoxy groups -OCH3 is 3. The summed E-state index contributed by atoms with van der Waals surface area (Å²) in [5.74, 6) is 0.231. The summed E-state index contributed by atoms with van der Waals surface area (Å²) in [6.45, 7) is 1.70. The highest BCUT2D eigenvalue weighted by Gasteiger charge is 2.30. The maximum absolute atomic E-state index is 13.1. The Morgan fingerprint density at radius 2 is 1.86 bits per heavy atom. The van der Waals surface area contributed by atoms with E-state index in [1.165, 1.54) is 27.4 Å². The molecule has 1 unspecified atom stereocenters. The molecule has 4 aromatic rings. The number of aromatic hydroxyl groups is 1. The minimum atomic E-state index is -0.910. The number of H-pyrrole nitrogens is 1. The lowest BCUT2D eigenvalue weighted by Gasteiger charge is -2.22. The number of fused-ring (bicyclic) bond motifs is 1. The molecule has 4 rings (SSSR count). The van der Waals surface area contributed by atoms with Crippen LogP contribution in [-0.4, -0.2) is 42.3 Å². The lowest BCUT2D eigenvalue weighted by atomic mass is 9.87. The number of rotatable bonds is 9. The standard InChI is InChI=1S/C26H27N3O7/c1-14-11-19(30)23(26(32)36-14)16(15-9-10-20(33-2)25(35-4)24(15)34-3)12-22(31)27-13-21-28-17-7-5-6-8-18(17)29-21/h5-11,16,30H,12-13H2,1-4H3,(H,27,31)(H,28,29). The molecule has 10 nitrogen and oxygen atoms in total. The van der Waals surface area contributed by atoms with Crippen LogP contribution < -0.4 is 25.2 Å². The van der Waals surface area contributed by atoms with Gasteiger partial charge in [0.1, 0.15) is 17.3 Å². The van der Waals surface area contributed by atoms with Crippen molar-refractivity contribution in [2.75, 3.05) is 21.3 Å². The molecule has 0 aliphatic carbocycles. The van der Waals surface area contributed by atoms with Crippen molar-refractivity contribution in [2.24, 2.45) is 0 Å². The molecule has 0 aliphatic rings. The van der Waals surface area contributed by atoms with Gasteiger partial charge < -0.3 is 34.0 Å². The lowest BCUT2D eigenvalue weighted by Crippen LogP contribution is -2.27. The van der Waals surface area contributed by atoms with Gasteiger partial charge in [-0.15, -0.1) is 0 Å². The van der Waals surface area contributed by atoms with Crippen LogP contribution in [0, 0.1) is 6.92 Å². The van der Waals surface area contributed by atoms with Gasteiger partial charge in [-0.3, -0.25) is 4.79 Å². The zero-order valence-electron chi connectivity index (χ0n) is 20.4. The topological polar surface area (TPSA) is 136 Å². The molecule has 0 saturated heterocycles. The monoisotopic (exact) mass is 493 g/mol. The Labute approximate surface area is 206 Å². The van der Waals surface area contributed by atoms with Crippen molar-refractivity contribution in [3.05, 3.63) is 75.6 Å². The third kappa shape index (κ3) is 4.83. The summed E-state index contributed by atoms with van der Waals surface area (Å²) in [5.41, 5.74) is 1.28. The summed E-state index contributed by atoms with van der Waals surface area (Å²) in [6.07, 6.45) is -0.187. The third-order valence-electron chi connectivity index (χ3n) is 5.83. The Balaban J connectivity index is 1.70. The molecule has 10 heteroatoms. The Kier molecular flexibility index (Phi) is 7.14. The molecular weight excluding hydrogens is 466 g/mol. The number of benzene rings is 2. The molecule has 0 radical (unpaired) electrons. The van der Waals surface area contributed by atoms with Crippen LogP contribution in [0.2, 0.25) is 0 Å². The van der Waals surface area contributed by atoms with Crippen molar-refractivity contribution in [1.29, 1.82) is 0 Å². The average molecular weight is 494 g/mol. The van der Waals surface area contributed by atoms with Crippen molar-refractivity contribution in [2.45, 2.75) is 25.8 Å². The number of carbonyl (C=O) groups is 1. The molecule has 1 atom stereocenters. The molecule has 0 bridgehead atoms. The number of amides is 1. The van der Waals surface area contributed by atoms with Crippen LogP contribution in [0.1, 0.15) is 35.1 Å². The van der Waals surface area contributed by atoms with Gasteiger partial charge in [-0.25, -0.2) is 9.78 Å². The summed E-state index contributed by atoms with van der Waals surface area (Å²) in [5, 5.41) is 13.5. The number of para-hydroxylation sites is 2. The highest BCUT2D eigenvalue weighted by Crippen LogP contribution is 2.45. The number of nitrogens with one attached hydrogen (secondary N) is 2. The van der Waals surface area contributed by atoms with Gasteiger partial charge >= 0.3 is 5.63 Å². The average Bonchev–Trinajstić information content (AvgIpc) is 3.28. The van der Waals surface area contributed by atoms with Crippen molar-refractivity contribution in [3.63, 3.8) is 0 Å². The van der Waals surface area contributed by atoms with Gasteiger partial charge in [-0.05, 0) is 25.1 Å². The molecule has 0 aliphatic heterocycles. The maximum Gasteiger partial charge on any atom is 0.343 e. The van der Waals surface area contributed by atoms with Crippen LogP contribution in [0.5, 0.6) is 23.0 Å². The van der Waals surface area contributed by atoms with Gasteiger partial charge in [0.25, 0.3) is 0 Å². The normalized spacial score (nSPS) is 11.8. The van der Waals surface area contributed by atoms with Crippen molar-refractivity contribution in [3.8, 4) is 23.0 Å². The number of ether oxygens (including phenoxy) is 3. The molecule has 0 spiro atoms. The fourth-order valence-corrected chi connectivity index (χ4v) is 4.22. The van der Waals surface area contributed by atoms with E-state index >= 15 is 0 Å². The van der Waals surface area contributed by atoms with Crippen LogP contribution in [0.4, 0.5) is 0 Å². The summed E-state index contributed by atoms with van der Waals surface area (Å²) in [6, 6.07) is 12.2. The number of hydrogen-bond acceptors (Lipinski definition) is 8. The number of carbonyl (C=O) groups excluding carboxylic acids is 1. The molecule has 36 heavy (non-hydrogen) atoms. The molecule has 0 fully saturated rings. The summed E-state index contributed by atoms with van der Waals surface area (Å²) in [4.78, 5) is 33.6. The van der Waals surface area contributed by atoms with E-state index in [0.717, 1.165) is 11.0 Å². The first-order valence-electron chi connectivity index (χ1n) is 11.2. The van der Waals surface area contributed by atoms with E-state index in [0.29, 0.717) is 22.9 Å². The third-order valence-corrected chi connectivity index (χ3v) is 5.83. The molecule has 0 saturated carbocycles. The van der Waals surface area contributed by atoms with E-state index in [2.05, 4.69) is 15.3 Å². The van der Waals surface area contributed by atoms with Gasteiger partial charge in [0.15, 0.2) is 11.5 Å². The first-order chi connectivity index (χ1) is 17.4. The number of nitrogens with zero attached hydrogens (tertiary/aromatic N) is 1. The second-order valence-electron chi connectivity index (χ2n) is 8.10. The fourth-order valence-electron chi connectivity index (χ4n) is 4.22. The Hall–Kier alpha value is -4.47. The Bertz CT molecular complexity index is 1420. The first kappa shape index (κ1) is 24.6. The van der Waals surface area contributed by atoms with Crippen LogP contribution in [0.25, 0.3) is 11.0 Å². The minimum Gasteiger partial charge on any atom is -0.507 e. The smallest absolute Gasteiger partial charge is 0.343 e. The highest BCUT2D eigenvalue weighted by molar-refractivity contribution is 5.79. The number of aromatic amines is 1. The molecule has 2 aromatic carbocycles. The zero-order chi connectivity index (χ0) is 25.8. The van der Waals surface area contributed by atoms with Gasteiger partial charge in [0.05, 0.1) is 44.5 Å². The van der Waals surface area contributed by atoms with Crippen molar-refractivity contribution >= 4 is 16.9 Å². The van der Waals surface area contributed by atoms with Crippen molar-refractivity contribution < 1.29 is 28.5 Å². The zero-order valence-corrected chi connectivity index (χ0v) is 20.4. The molecule has 1 amide bonds. The largest absolute Gasteiger partial charge is 0.507 e. The molecule has 188 valence electrons. The quantitative estimate of drug-likeness (QED) is 0.323. The summed E-state index contributed by atoms with van der Waals surface area (Å²) in [7, 11) is 4.38. The summed E-state index contributed by atoms with van der Waals surface area (Å²) >= 11 is 0. The summed E-state index contributed by atoms with van der Waals surface area (Å²) < 4.78 is 21.7. The number of aromatic nitrogens is 2. The van der Waals surface area contributed by atoms with Crippen LogP contribution >= 0.6 is 0 Å². The van der Waals surface area contributed by atoms with E-state index in [-0.39, 0.29) is 41.7 Å². The lowest BCUT2D eigenvalue weighted by molar-refractivity contribution is -0.121. The number of aryl methyl sites for hydroxylation is 1. The second kappa shape index (κ2) is 10.4. The Morgan fingerprint density at radius 1 is 1.11 bits per heavy atom. The molecule has 2 aromatic heterocycles. The number of hydrogen-bond donors (Lipinski definition) is 3. The maximum atomic E-state index is 13.1. The Morgan fingerprint density at radius 3 is 2.53 bits per heavy atom. The predicted molar refractivity (Wildman–Crippen MR) is 132 cm³/mol. The highest BCUT2D eigenvalue weighted by atomic mass is 16.5. The van der Waals surface area contributed by atoms with Gasteiger partial charge in [0.2, 0.25) is 11.7 Å². The molecular formula is C26H27N3O7.